The minimum atomic E-state index is -0.0296. The first kappa shape index (κ1) is 58.2. The van der Waals surface area contributed by atoms with E-state index in [0.717, 1.165) is 103 Å². The van der Waals surface area contributed by atoms with Gasteiger partial charge in [0, 0.05) is 33.8 Å². The maximum atomic E-state index is 12.6. The van der Waals surface area contributed by atoms with Gasteiger partial charge in [0.15, 0.2) is 0 Å². The van der Waals surface area contributed by atoms with Gasteiger partial charge in [0.2, 0.25) is 5.91 Å². The van der Waals surface area contributed by atoms with Crippen molar-refractivity contribution in [3.63, 3.8) is 0 Å². The molecule has 0 aliphatic carbocycles. The Morgan fingerprint density at radius 2 is 0.931 bits per heavy atom. The molecule has 0 saturated carbocycles. The number of carbonyl (C=O) groups excluding carboxylic acids is 3. The summed E-state index contributed by atoms with van der Waals surface area (Å²) in [5, 5.41) is 3.10. The van der Waals surface area contributed by atoms with Gasteiger partial charge in [0.25, 0.3) is 0 Å². The van der Waals surface area contributed by atoms with Gasteiger partial charge in [-0.2, -0.15) is 0 Å². The molecule has 8 nitrogen and oxygen atoms in total. The highest BCUT2D eigenvalue weighted by Gasteiger charge is 2.14. The van der Waals surface area contributed by atoms with Gasteiger partial charge in [-0.3, -0.25) is 14.4 Å². The van der Waals surface area contributed by atoms with Crippen LogP contribution in [0.15, 0.2) is 13.2 Å². The smallest absolute Gasteiger partial charge is 0.306 e. The van der Waals surface area contributed by atoms with E-state index in [1.54, 1.807) is 0 Å². The molecule has 0 radical (unpaired) electrons. The number of unbranched alkanes of at least 4 members (excludes halogenated alkanes) is 22. The first-order chi connectivity index (χ1) is 28.3. The zero-order valence-corrected chi connectivity index (χ0v) is 39.5. The number of hydrogen-bond acceptors (Lipinski definition) is 7. The van der Waals surface area contributed by atoms with Crippen LogP contribution in [0, 0.1) is 0 Å². The Kier molecular flexibility index (Phi) is 47.9. The molecule has 0 bridgehead atoms. The number of nitrogens with zero attached hydrogens (tertiary/aromatic N) is 2. The topological polar surface area (TPSA) is 88.2 Å². The fourth-order valence-electron chi connectivity index (χ4n) is 7.35. The number of nitrogens with one attached hydrogen (secondary N) is 1. The van der Waals surface area contributed by atoms with Gasteiger partial charge in [-0.05, 0) is 97.9 Å². The average molecular weight is 824 g/mol. The van der Waals surface area contributed by atoms with Crippen LogP contribution in [0.4, 0.5) is 0 Å². The Bertz CT molecular complexity index is 881. The van der Waals surface area contributed by atoms with Gasteiger partial charge in [-0.1, -0.05) is 149 Å². The van der Waals surface area contributed by atoms with E-state index in [1.807, 2.05) is 0 Å². The SMILES string of the molecule is C=C.CCCCCCCCCC(=O)OCCCCCCCN(CCCCCCCCCC(=O)OC(CCCCCC)CCCCCC)CCC(=O)NCCCN(C)C.[HH]. The molecule has 0 aromatic heterocycles. The zero-order chi connectivity index (χ0) is 43.2. The molecule has 8 heteroatoms. The summed E-state index contributed by atoms with van der Waals surface area (Å²) in [6.45, 7) is 17.9. The highest BCUT2D eigenvalue weighted by Crippen LogP contribution is 2.18. The Hall–Kier alpha value is -1.93. The summed E-state index contributed by atoms with van der Waals surface area (Å²) in [7, 11) is 4.13. The van der Waals surface area contributed by atoms with Crippen molar-refractivity contribution in [3.8, 4) is 0 Å². The van der Waals surface area contributed by atoms with Crippen LogP contribution >= 0.6 is 0 Å². The third-order valence-electron chi connectivity index (χ3n) is 11.0. The third-order valence-corrected chi connectivity index (χ3v) is 11.0. The molecule has 0 aliphatic rings. The van der Waals surface area contributed by atoms with E-state index in [2.05, 4.69) is 63.1 Å². The van der Waals surface area contributed by atoms with Gasteiger partial charge in [-0.25, -0.2) is 0 Å². The van der Waals surface area contributed by atoms with Gasteiger partial charge in [0.1, 0.15) is 6.10 Å². The number of hydrogen-bond donors (Lipinski definition) is 1. The maximum absolute atomic E-state index is 12.6. The zero-order valence-electron chi connectivity index (χ0n) is 39.5. The third kappa shape index (κ3) is 45.2. The van der Waals surface area contributed by atoms with Crippen LogP contribution in [0.3, 0.4) is 0 Å². The Morgan fingerprint density at radius 3 is 1.43 bits per heavy atom. The number of ether oxygens (including phenoxy) is 2. The van der Waals surface area contributed by atoms with Crippen molar-refractivity contribution in [2.24, 2.45) is 0 Å². The van der Waals surface area contributed by atoms with Crippen LogP contribution in [0.2, 0.25) is 0 Å². The first-order valence-corrected chi connectivity index (χ1v) is 24.8. The summed E-state index contributed by atoms with van der Waals surface area (Å²) >= 11 is 0. The largest absolute Gasteiger partial charge is 0.466 e. The highest BCUT2D eigenvalue weighted by molar-refractivity contribution is 5.76. The molecule has 0 aromatic rings. The van der Waals surface area contributed by atoms with Crippen LogP contribution in [0.5, 0.6) is 0 Å². The van der Waals surface area contributed by atoms with E-state index < -0.39 is 0 Å². The molecule has 0 rings (SSSR count). The molecule has 0 saturated heterocycles. The number of esters is 2. The van der Waals surface area contributed by atoms with Crippen molar-refractivity contribution in [1.82, 2.24) is 15.1 Å². The minimum Gasteiger partial charge on any atom is -0.466 e. The van der Waals surface area contributed by atoms with E-state index in [1.165, 1.54) is 122 Å². The quantitative estimate of drug-likeness (QED) is 0.0372. The molecule has 0 fully saturated rings. The Morgan fingerprint density at radius 1 is 0.500 bits per heavy atom. The molecule has 0 heterocycles. The molecule has 1 amide bonds. The number of carbonyl (C=O) groups is 3. The van der Waals surface area contributed by atoms with Crippen molar-refractivity contribution in [2.45, 2.75) is 239 Å². The molecule has 0 aliphatic heterocycles. The Balaban J connectivity index is -0.0000103. The lowest BCUT2D eigenvalue weighted by Gasteiger charge is -2.22. The lowest BCUT2D eigenvalue weighted by molar-refractivity contribution is -0.150. The molecule has 346 valence electrons. The molecule has 0 atom stereocenters. The van der Waals surface area contributed by atoms with Gasteiger partial charge >= 0.3 is 11.9 Å². The van der Waals surface area contributed by atoms with Crippen LogP contribution in [0.1, 0.15) is 234 Å². The summed E-state index contributed by atoms with van der Waals surface area (Å²) in [4.78, 5) is 41.9. The lowest BCUT2D eigenvalue weighted by atomic mass is 10.0. The van der Waals surface area contributed by atoms with E-state index in [9.17, 15) is 14.4 Å². The normalized spacial score (nSPS) is 11.2. The van der Waals surface area contributed by atoms with Crippen LogP contribution < -0.4 is 5.32 Å². The second-order valence-corrected chi connectivity index (χ2v) is 17.0. The summed E-state index contributed by atoms with van der Waals surface area (Å²) < 4.78 is 11.4. The average Bonchev–Trinajstić information content (AvgIpc) is 3.21. The highest BCUT2D eigenvalue weighted by atomic mass is 16.5. The summed E-state index contributed by atoms with van der Waals surface area (Å²) in [6.07, 6.45) is 36.8. The molecular weight excluding hydrogens is 723 g/mol. The monoisotopic (exact) mass is 824 g/mol. The maximum Gasteiger partial charge on any atom is 0.306 e. The van der Waals surface area contributed by atoms with E-state index in [0.29, 0.717) is 25.9 Å². The molecule has 58 heavy (non-hydrogen) atoms. The first-order valence-electron chi connectivity index (χ1n) is 24.8. The van der Waals surface area contributed by atoms with E-state index >= 15 is 0 Å². The van der Waals surface area contributed by atoms with E-state index in [-0.39, 0.29) is 25.4 Å². The lowest BCUT2D eigenvalue weighted by Crippen LogP contribution is -2.33. The van der Waals surface area contributed by atoms with Crippen molar-refractivity contribution in [1.29, 1.82) is 0 Å². The van der Waals surface area contributed by atoms with Crippen molar-refractivity contribution < 1.29 is 25.3 Å². The summed E-state index contributed by atoms with van der Waals surface area (Å²) in [6, 6.07) is 0. The summed E-state index contributed by atoms with van der Waals surface area (Å²) in [5.41, 5.74) is 0. The fourth-order valence-corrected chi connectivity index (χ4v) is 7.35. The number of rotatable bonds is 44. The second-order valence-electron chi connectivity index (χ2n) is 17.0. The van der Waals surface area contributed by atoms with Crippen LogP contribution in [-0.4, -0.2) is 87.2 Å². The second kappa shape index (κ2) is 47.7. The molecular formula is C50H101N3O5. The van der Waals surface area contributed by atoms with Gasteiger partial charge in [-0.15, -0.1) is 13.2 Å². The van der Waals surface area contributed by atoms with Gasteiger partial charge < -0.3 is 24.6 Å². The molecule has 0 spiro atoms. The minimum absolute atomic E-state index is 0. The predicted molar refractivity (Wildman–Crippen MR) is 252 cm³/mol. The molecule has 0 aromatic carbocycles. The van der Waals surface area contributed by atoms with Crippen LogP contribution in [0.25, 0.3) is 0 Å². The fraction of sp³-hybridized carbons (Fsp3) is 0.900. The Labute approximate surface area is 362 Å². The summed E-state index contributed by atoms with van der Waals surface area (Å²) in [5.74, 6) is 0.143. The molecule has 0 unspecified atom stereocenters. The predicted octanol–water partition coefficient (Wildman–Crippen LogP) is 13.4. The van der Waals surface area contributed by atoms with Crippen LogP contribution in [-0.2, 0) is 23.9 Å². The van der Waals surface area contributed by atoms with Crippen molar-refractivity contribution >= 4 is 17.8 Å². The molecule has 1 N–H and O–H groups in total. The van der Waals surface area contributed by atoms with E-state index in [4.69, 9.17) is 9.47 Å². The van der Waals surface area contributed by atoms with Crippen molar-refractivity contribution in [3.05, 3.63) is 13.2 Å². The van der Waals surface area contributed by atoms with Gasteiger partial charge in [0.05, 0.1) is 6.61 Å². The van der Waals surface area contributed by atoms with Crippen molar-refractivity contribution in [2.75, 3.05) is 53.4 Å². The number of amides is 1. The standard InChI is InChI=1S/C48H95N3O5.C2H4.H2/c1-6-9-12-15-17-21-28-36-47(53)55-44-32-25-20-24-31-42-51(43-38-46(52)49-39-33-40-50(4)5)41-30-23-19-16-18-22-29-37-48(54)56-45(34-26-13-10-7-2)35-27-14-11-8-3;1-2;/h45H,6-44H2,1-5H3,(H,49,52);1-2H2;1H.